The molecule has 3 rings (SSSR count). The number of aromatic nitrogens is 2. The molecule has 8 heteroatoms. The molecule has 2 N–H and O–H groups in total. The maximum atomic E-state index is 12.8. The minimum Gasteiger partial charge on any atom is -0.490 e. The average Bonchev–Trinajstić information content (AvgIpc) is 2.67. The maximum Gasteiger partial charge on any atom is 0.257 e. The number of carbonyl (C=O) groups excluding carboxylic acids is 1. The predicted molar refractivity (Wildman–Crippen MR) is 110 cm³/mol. The van der Waals surface area contributed by atoms with E-state index < -0.39 is 0 Å². The van der Waals surface area contributed by atoms with Gasteiger partial charge in [0.25, 0.3) is 5.56 Å². The molecule has 0 spiro atoms. The first-order valence-electron chi connectivity index (χ1n) is 9.53. The lowest BCUT2D eigenvalue weighted by molar-refractivity contribution is -0.116. The molecular weight excluding hydrogens is 378 g/mol. The molecule has 0 bridgehead atoms. The first-order valence-corrected chi connectivity index (χ1v) is 10.5. The number of nitrogens with one attached hydrogen (secondary N) is 2. The van der Waals surface area contributed by atoms with Crippen LogP contribution in [0.5, 0.6) is 11.5 Å². The Bertz CT molecular complexity index is 913. The summed E-state index contributed by atoms with van der Waals surface area (Å²) >= 11 is 1.47. The zero-order valence-electron chi connectivity index (χ0n) is 16.3. The molecule has 28 heavy (non-hydrogen) atoms. The molecule has 1 atom stereocenters. The monoisotopic (exact) mass is 403 g/mol. The van der Waals surface area contributed by atoms with E-state index in [2.05, 4.69) is 22.2 Å². The number of benzene rings is 1. The van der Waals surface area contributed by atoms with Crippen molar-refractivity contribution in [1.82, 2.24) is 9.97 Å². The average molecular weight is 404 g/mol. The lowest BCUT2D eigenvalue weighted by Gasteiger charge is -2.25. The highest BCUT2D eigenvalue weighted by Crippen LogP contribution is 2.38. The van der Waals surface area contributed by atoms with Crippen LogP contribution < -0.4 is 20.3 Å². The normalized spacial score (nSPS) is 15.7. The summed E-state index contributed by atoms with van der Waals surface area (Å²) < 4.78 is 11.3. The Morgan fingerprint density at radius 3 is 2.61 bits per heavy atom. The number of carbonyl (C=O) groups is 1. The van der Waals surface area contributed by atoms with Gasteiger partial charge in [0, 0.05) is 18.1 Å². The molecule has 7 nitrogen and oxygen atoms in total. The van der Waals surface area contributed by atoms with Crippen molar-refractivity contribution < 1.29 is 14.3 Å². The number of hydrogen-bond donors (Lipinski definition) is 2. The van der Waals surface area contributed by atoms with Crippen LogP contribution in [0.4, 0.5) is 5.82 Å². The summed E-state index contributed by atoms with van der Waals surface area (Å²) in [5, 5.41) is 3.27. The fraction of sp³-hybridized carbons (Fsp3) is 0.450. The Hall–Kier alpha value is -2.48. The summed E-state index contributed by atoms with van der Waals surface area (Å²) in [5.74, 6) is 1.89. The summed E-state index contributed by atoms with van der Waals surface area (Å²) in [6.45, 7) is 6.88. The van der Waals surface area contributed by atoms with Crippen molar-refractivity contribution in [2.24, 2.45) is 0 Å². The third-order valence-corrected chi connectivity index (χ3v) is 5.42. The molecule has 0 saturated carbocycles. The summed E-state index contributed by atoms with van der Waals surface area (Å²) in [6.07, 6.45) is 1.14. The lowest BCUT2D eigenvalue weighted by atomic mass is 9.86. The van der Waals surface area contributed by atoms with Crippen LogP contribution in [-0.2, 0) is 4.79 Å². The number of H-pyrrole nitrogens is 1. The molecule has 1 aromatic carbocycles. The van der Waals surface area contributed by atoms with E-state index in [1.807, 2.05) is 32.0 Å². The number of amides is 1. The third-order valence-electron chi connectivity index (χ3n) is 4.34. The Labute approximate surface area is 168 Å². The van der Waals surface area contributed by atoms with Crippen LogP contribution in [0, 0.1) is 0 Å². The van der Waals surface area contributed by atoms with Crippen LogP contribution in [-0.4, -0.2) is 34.8 Å². The summed E-state index contributed by atoms with van der Waals surface area (Å²) in [7, 11) is 0. The molecule has 1 amide bonds. The summed E-state index contributed by atoms with van der Waals surface area (Å²) in [4.78, 5) is 32.4. The highest BCUT2D eigenvalue weighted by atomic mass is 32.2. The van der Waals surface area contributed by atoms with Crippen molar-refractivity contribution in [3.8, 4) is 11.5 Å². The lowest BCUT2D eigenvalue weighted by Crippen LogP contribution is -2.31. The van der Waals surface area contributed by atoms with E-state index in [0.29, 0.717) is 41.3 Å². The van der Waals surface area contributed by atoms with Gasteiger partial charge in [-0.05, 0) is 38.0 Å². The van der Waals surface area contributed by atoms with Gasteiger partial charge in [0.1, 0.15) is 5.82 Å². The topological polar surface area (TPSA) is 93.3 Å². The van der Waals surface area contributed by atoms with Crippen molar-refractivity contribution in [2.45, 2.75) is 44.7 Å². The van der Waals surface area contributed by atoms with Crippen molar-refractivity contribution in [3.63, 3.8) is 0 Å². The Kier molecular flexibility index (Phi) is 6.61. The Morgan fingerprint density at radius 1 is 1.14 bits per heavy atom. The number of anilines is 1. The van der Waals surface area contributed by atoms with Gasteiger partial charge in [0.15, 0.2) is 16.7 Å². The fourth-order valence-electron chi connectivity index (χ4n) is 3.19. The minimum atomic E-state index is -0.389. The molecule has 1 aliphatic rings. The molecule has 1 aromatic heterocycles. The number of nitrogens with zero attached hydrogens (tertiary/aromatic N) is 1. The molecule has 0 saturated heterocycles. The van der Waals surface area contributed by atoms with Crippen LogP contribution in [0.1, 0.15) is 50.7 Å². The number of thioether (sulfide) groups is 1. The van der Waals surface area contributed by atoms with E-state index >= 15 is 0 Å². The van der Waals surface area contributed by atoms with Gasteiger partial charge in [-0.3, -0.25) is 9.59 Å². The van der Waals surface area contributed by atoms with E-state index in [-0.39, 0.29) is 23.8 Å². The van der Waals surface area contributed by atoms with Crippen LogP contribution in [0.2, 0.25) is 0 Å². The molecule has 0 radical (unpaired) electrons. The van der Waals surface area contributed by atoms with E-state index in [9.17, 15) is 9.59 Å². The number of aromatic amines is 1. The minimum absolute atomic E-state index is 0.158. The van der Waals surface area contributed by atoms with Gasteiger partial charge in [0.05, 0.1) is 18.8 Å². The van der Waals surface area contributed by atoms with E-state index in [4.69, 9.17) is 9.47 Å². The van der Waals surface area contributed by atoms with Crippen molar-refractivity contribution in [3.05, 3.63) is 39.7 Å². The zero-order chi connectivity index (χ0) is 20.1. The molecule has 0 fully saturated rings. The summed E-state index contributed by atoms with van der Waals surface area (Å²) in [5.41, 5.74) is 1.08. The van der Waals surface area contributed by atoms with Gasteiger partial charge in [-0.2, -0.15) is 0 Å². The Morgan fingerprint density at radius 2 is 1.89 bits per heavy atom. The summed E-state index contributed by atoms with van der Waals surface area (Å²) in [6, 6.07) is 5.55. The van der Waals surface area contributed by atoms with Gasteiger partial charge >= 0.3 is 0 Å². The van der Waals surface area contributed by atoms with Crippen LogP contribution in [0.15, 0.2) is 28.2 Å². The Balaban J connectivity index is 2.03. The number of fused-ring (bicyclic) bond motifs is 1. The van der Waals surface area contributed by atoms with Crippen molar-refractivity contribution in [2.75, 3.05) is 24.3 Å². The second kappa shape index (κ2) is 9.14. The molecule has 1 aliphatic heterocycles. The highest BCUT2D eigenvalue weighted by molar-refractivity contribution is 7.99. The molecule has 2 aromatic rings. The van der Waals surface area contributed by atoms with Gasteiger partial charge in [0.2, 0.25) is 5.91 Å². The molecule has 150 valence electrons. The van der Waals surface area contributed by atoms with Crippen LogP contribution in [0.25, 0.3) is 0 Å². The quantitative estimate of drug-likeness (QED) is 0.517. The fourth-order valence-corrected chi connectivity index (χ4v) is 3.91. The maximum absolute atomic E-state index is 12.8. The molecule has 0 unspecified atom stereocenters. The van der Waals surface area contributed by atoms with Gasteiger partial charge in [-0.1, -0.05) is 24.8 Å². The van der Waals surface area contributed by atoms with Gasteiger partial charge in [-0.25, -0.2) is 4.98 Å². The standard InChI is InChI=1S/C20H25N3O4S/c1-4-9-28-20-22-18-17(19(25)23-20)13(11-16(24)21-18)12-7-8-14(26-5-2)15(10-12)27-6-3/h7-8,10,13H,4-6,9,11H2,1-3H3,(H2,21,22,23,24,25)/t13-/m1/s1. The molecule has 0 aliphatic carbocycles. The van der Waals surface area contributed by atoms with E-state index in [0.717, 1.165) is 17.7 Å². The zero-order valence-corrected chi connectivity index (χ0v) is 17.1. The van der Waals surface area contributed by atoms with Crippen molar-refractivity contribution >= 4 is 23.5 Å². The van der Waals surface area contributed by atoms with Gasteiger partial charge in [-0.15, -0.1) is 0 Å². The van der Waals surface area contributed by atoms with E-state index in [1.54, 1.807) is 0 Å². The largest absolute Gasteiger partial charge is 0.490 e. The first-order chi connectivity index (χ1) is 13.6. The SMILES string of the molecule is CCCSc1nc2c(c(=O)[nH]1)[C@@H](c1ccc(OCC)c(OCC)c1)CC(=O)N2. The first kappa shape index (κ1) is 20.3. The van der Waals surface area contributed by atoms with E-state index in [1.165, 1.54) is 11.8 Å². The van der Waals surface area contributed by atoms with Crippen LogP contribution >= 0.6 is 11.8 Å². The second-order valence-corrected chi connectivity index (χ2v) is 7.44. The molecular formula is C20H25N3O4S. The molecule has 2 heterocycles. The number of rotatable bonds is 8. The van der Waals surface area contributed by atoms with Crippen LogP contribution in [0.3, 0.4) is 0 Å². The van der Waals surface area contributed by atoms with Crippen molar-refractivity contribution in [1.29, 1.82) is 0 Å². The third kappa shape index (κ3) is 4.32. The smallest absolute Gasteiger partial charge is 0.257 e. The van der Waals surface area contributed by atoms with Gasteiger partial charge < -0.3 is 19.8 Å². The predicted octanol–water partition coefficient (Wildman–Crippen LogP) is 3.54. The second-order valence-electron chi connectivity index (χ2n) is 6.36. The highest BCUT2D eigenvalue weighted by Gasteiger charge is 2.31. The number of hydrogen-bond acceptors (Lipinski definition) is 6. The number of ether oxygens (including phenoxy) is 2.